The van der Waals surface area contributed by atoms with E-state index in [0.717, 1.165) is 72.3 Å². The molecule has 0 amide bonds. The number of hydrogen-bond donors (Lipinski definition) is 0. The molecule has 10 aromatic rings. The van der Waals surface area contributed by atoms with Crippen LogP contribution in [0.3, 0.4) is 0 Å². The summed E-state index contributed by atoms with van der Waals surface area (Å²) in [6.07, 6.45) is 0. The molecule has 2 aliphatic rings. The van der Waals surface area contributed by atoms with Gasteiger partial charge in [-0.25, -0.2) is 15.0 Å². The van der Waals surface area contributed by atoms with E-state index >= 15 is 0 Å². The van der Waals surface area contributed by atoms with E-state index in [-0.39, 0.29) is 0 Å². The highest BCUT2D eigenvalue weighted by Crippen LogP contribution is 2.64. The summed E-state index contributed by atoms with van der Waals surface area (Å²) in [6.45, 7) is 0. The fourth-order valence-corrected chi connectivity index (χ4v) is 9.78. The van der Waals surface area contributed by atoms with Gasteiger partial charge in [0.25, 0.3) is 0 Å². The molecular formula is C57H34N4O. The number of fused-ring (bicyclic) bond motifs is 10. The van der Waals surface area contributed by atoms with Crippen molar-refractivity contribution < 1.29 is 4.74 Å². The lowest BCUT2D eigenvalue weighted by Crippen LogP contribution is -2.32. The van der Waals surface area contributed by atoms with Crippen molar-refractivity contribution in [3.05, 3.63) is 234 Å². The molecule has 9 aromatic carbocycles. The van der Waals surface area contributed by atoms with Crippen LogP contribution in [0.5, 0.6) is 11.5 Å². The number of benzene rings is 9. The van der Waals surface area contributed by atoms with Crippen LogP contribution in [0.2, 0.25) is 0 Å². The zero-order chi connectivity index (χ0) is 41.2. The molecule has 62 heavy (non-hydrogen) atoms. The molecule has 2 heterocycles. The van der Waals surface area contributed by atoms with Gasteiger partial charge < -0.3 is 4.74 Å². The maximum absolute atomic E-state index is 10.1. The lowest BCUT2D eigenvalue weighted by atomic mass is 9.65. The Labute approximate surface area is 358 Å². The van der Waals surface area contributed by atoms with Crippen LogP contribution >= 0.6 is 0 Å². The van der Waals surface area contributed by atoms with E-state index in [2.05, 4.69) is 127 Å². The maximum Gasteiger partial charge on any atom is 0.164 e. The Morgan fingerprint density at radius 2 is 0.806 bits per heavy atom. The molecule has 0 atom stereocenters. The van der Waals surface area contributed by atoms with Crippen molar-refractivity contribution in [2.75, 3.05) is 0 Å². The van der Waals surface area contributed by atoms with Gasteiger partial charge in [0.15, 0.2) is 17.5 Å². The van der Waals surface area contributed by atoms with E-state index in [9.17, 15) is 5.26 Å². The molecule has 0 bridgehead atoms. The minimum absolute atomic E-state index is 0.584. The highest BCUT2D eigenvalue weighted by molar-refractivity contribution is 6.02. The molecular weight excluding hydrogens is 757 g/mol. The van der Waals surface area contributed by atoms with E-state index in [1.165, 1.54) is 22.3 Å². The number of rotatable bonds is 5. The van der Waals surface area contributed by atoms with Crippen molar-refractivity contribution in [2.24, 2.45) is 0 Å². The molecule has 0 saturated heterocycles. The molecule has 5 nitrogen and oxygen atoms in total. The number of nitrogens with zero attached hydrogens (tertiary/aromatic N) is 4. The summed E-state index contributed by atoms with van der Waals surface area (Å²) >= 11 is 0. The van der Waals surface area contributed by atoms with E-state index in [0.29, 0.717) is 23.0 Å². The Kier molecular flexibility index (Phi) is 8.06. The second kappa shape index (κ2) is 14.1. The molecule has 1 aromatic heterocycles. The largest absolute Gasteiger partial charge is 0.455 e. The van der Waals surface area contributed by atoms with Gasteiger partial charge in [0, 0.05) is 44.3 Å². The molecule has 1 aliphatic heterocycles. The monoisotopic (exact) mass is 790 g/mol. The van der Waals surface area contributed by atoms with Gasteiger partial charge in [-0.3, -0.25) is 0 Å². The molecule has 1 aliphatic carbocycles. The molecule has 0 N–H and O–H groups in total. The van der Waals surface area contributed by atoms with Gasteiger partial charge in [-0.15, -0.1) is 0 Å². The van der Waals surface area contributed by atoms with Crippen molar-refractivity contribution >= 4 is 10.8 Å². The third-order valence-corrected chi connectivity index (χ3v) is 12.5. The topological polar surface area (TPSA) is 71.7 Å². The summed E-state index contributed by atoms with van der Waals surface area (Å²) in [5.41, 5.74) is 13.6. The van der Waals surface area contributed by atoms with Gasteiger partial charge in [0.05, 0.1) is 17.0 Å². The van der Waals surface area contributed by atoms with Crippen LogP contribution in [0.25, 0.3) is 78.3 Å². The van der Waals surface area contributed by atoms with Crippen molar-refractivity contribution in [1.82, 2.24) is 15.0 Å². The van der Waals surface area contributed by atoms with Gasteiger partial charge in [0.1, 0.15) is 11.5 Å². The van der Waals surface area contributed by atoms with Gasteiger partial charge >= 0.3 is 0 Å². The van der Waals surface area contributed by atoms with Crippen molar-refractivity contribution in [3.63, 3.8) is 0 Å². The van der Waals surface area contributed by atoms with Crippen LogP contribution in [0.4, 0.5) is 0 Å². The number of para-hydroxylation sites is 2. The van der Waals surface area contributed by atoms with Crippen molar-refractivity contribution in [3.8, 4) is 85.1 Å². The zero-order valence-corrected chi connectivity index (χ0v) is 33.3. The molecule has 0 radical (unpaired) electrons. The lowest BCUT2D eigenvalue weighted by molar-refractivity contribution is 0.440. The first-order valence-corrected chi connectivity index (χ1v) is 20.7. The fraction of sp³-hybridized carbons (Fsp3) is 0.0175. The fourth-order valence-electron chi connectivity index (χ4n) is 9.78. The second-order valence-electron chi connectivity index (χ2n) is 15.7. The quantitative estimate of drug-likeness (QED) is 0.174. The zero-order valence-electron chi connectivity index (χ0n) is 33.3. The molecule has 288 valence electrons. The molecule has 1 spiro atoms. The highest BCUT2D eigenvalue weighted by Gasteiger charge is 2.52. The van der Waals surface area contributed by atoms with E-state index in [4.69, 9.17) is 19.7 Å². The average Bonchev–Trinajstić information content (AvgIpc) is 3.64. The second-order valence-corrected chi connectivity index (χ2v) is 15.7. The number of ether oxygens (including phenoxy) is 1. The minimum atomic E-state index is -0.689. The van der Waals surface area contributed by atoms with E-state index < -0.39 is 5.41 Å². The van der Waals surface area contributed by atoms with Gasteiger partial charge in [-0.05, 0) is 50.9 Å². The molecule has 12 rings (SSSR count). The van der Waals surface area contributed by atoms with Gasteiger partial charge in [-0.1, -0.05) is 194 Å². The Bertz CT molecular complexity index is 3360. The first kappa shape index (κ1) is 35.5. The Morgan fingerprint density at radius 1 is 0.355 bits per heavy atom. The van der Waals surface area contributed by atoms with Gasteiger partial charge in [0.2, 0.25) is 0 Å². The summed E-state index contributed by atoms with van der Waals surface area (Å²) < 4.78 is 7.46. The summed E-state index contributed by atoms with van der Waals surface area (Å²) in [4.78, 5) is 15.1. The third kappa shape index (κ3) is 5.30. The van der Waals surface area contributed by atoms with Crippen LogP contribution in [0.1, 0.15) is 27.8 Å². The summed E-state index contributed by atoms with van der Waals surface area (Å²) in [7, 11) is 0. The normalized spacial score (nSPS) is 12.8. The molecule has 0 fully saturated rings. The number of hydrogen-bond acceptors (Lipinski definition) is 5. The number of aromatic nitrogens is 3. The SMILES string of the molecule is N#Cc1ccc(-c2cccc3c2Oc2c(-c4cccc(-c5nc(-c6ccccc6)nc(-c6ccccc6)n5)c4)cccc2C32c3ccccc3-c3ccccc32)c2ccccc12. The predicted molar refractivity (Wildman–Crippen MR) is 247 cm³/mol. The number of nitriles is 1. The van der Waals surface area contributed by atoms with Crippen LogP contribution < -0.4 is 4.74 Å². The standard InChI is InChI=1S/C57H34N4O/c58-35-40-32-33-44(43-23-8-7-22-41(40)43)47-27-15-31-51-53(47)62-52-42(26-14-30-50(52)57(51)48-28-11-9-24-45(48)46-25-10-12-29-49(46)57)38-20-13-21-39(34-38)56-60-54(36-16-3-1-4-17-36)59-55(61-56)37-18-5-2-6-19-37/h1-34H. The first-order chi connectivity index (χ1) is 30.7. The molecule has 0 saturated carbocycles. The van der Waals surface area contributed by atoms with E-state index in [1.807, 2.05) is 84.9 Å². The Balaban J connectivity index is 1.10. The van der Waals surface area contributed by atoms with Crippen LogP contribution in [-0.2, 0) is 5.41 Å². The maximum atomic E-state index is 10.1. The smallest absolute Gasteiger partial charge is 0.164 e. The first-order valence-electron chi connectivity index (χ1n) is 20.7. The predicted octanol–water partition coefficient (Wildman–Crippen LogP) is 13.7. The Hall–Kier alpha value is -8.46. The summed E-state index contributed by atoms with van der Waals surface area (Å²) in [6, 6.07) is 73.8. The van der Waals surface area contributed by atoms with Crippen molar-refractivity contribution in [1.29, 1.82) is 5.26 Å². The summed E-state index contributed by atoms with van der Waals surface area (Å²) in [5.74, 6) is 3.39. The lowest BCUT2D eigenvalue weighted by Gasteiger charge is -2.41. The van der Waals surface area contributed by atoms with Crippen LogP contribution in [0.15, 0.2) is 206 Å². The van der Waals surface area contributed by atoms with Gasteiger partial charge in [-0.2, -0.15) is 5.26 Å². The van der Waals surface area contributed by atoms with Crippen molar-refractivity contribution in [2.45, 2.75) is 5.41 Å². The minimum Gasteiger partial charge on any atom is -0.455 e. The summed E-state index contributed by atoms with van der Waals surface area (Å²) in [5, 5.41) is 12.0. The third-order valence-electron chi connectivity index (χ3n) is 12.5. The van der Waals surface area contributed by atoms with E-state index in [1.54, 1.807) is 0 Å². The van der Waals surface area contributed by atoms with Crippen LogP contribution in [0, 0.1) is 11.3 Å². The highest BCUT2D eigenvalue weighted by atomic mass is 16.5. The Morgan fingerprint density at radius 3 is 1.44 bits per heavy atom. The van der Waals surface area contributed by atoms with Crippen LogP contribution in [-0.4, -0.2) is 15.0 Å². The molecule has 0 unspecified atom stereocenters. The average molecular weight is 791 g/mol. The molecule has 5 heteroatoms.